The molecule has 2 rings (SSSR count). The first kappa shape index (κ1) is 13.3. The van der Waals surface area contributed by atoms with E-state index in [2.05, 4.69) is 24.1 Å². The first-order chi connectivity index (χ1) is 8.61. The molecule has 0 aromatic carbocycles. The third-order valence-electron chi connectivity index (χ3n) is 4.02. The molecule has 0 radical (unpaired) electrons. The standard InChI is InChI=1S/C14H19ClN2O/c1-3-10-4-5-12(9(10)2)17-14(18)13-8-11(15)6-7-16-13/h6-10,12H,3-5H2,1-2H3,(H,17,18). The molecule has 98 valence electrons. The fourth-order valence-electron chi connectivity index (χ4n) is 2.80. The number of halogens is 1. The highest BCUT2D eigenvalue weighted by molar-refractivity contribution is 6.30. The van der Waals surface area contributed by atoms with Gasteiger partial charge in [0, 0.05) is 17.3 Å². The van der Waals surface area contributed by atoms with E-state index in [4.69, 9.17) is 11.6 Å². The van der Waals surface area contributed by atoms with Gasteiger partial charge in [-0.15, -0.1) is 0 Å². The van der Waals surface area contributed by atoms with Crippen molar-refractivity contribution in [3.8, 4) is 0 Å². The topological polar surface area (TPSA) is 42.0 Å². The predicted octanol–water partition coefficient (Wildman–Crippen LogP) is 3.29. The molecule has 1 fully saturated rings. The molecule has 3 atom stereocenters. The zero-order valence-corrected chi connectivity index (χ0v) is 11.6. The number of carbonyl (C=O) groups is 1. The van der Waals surface area contributed by atoms with Crippen molar-refractivity contribution in [2.75, 3.05) is 0 Å². The van der Waals surface area contributed by atoms with Gasteiger partial charge in [-0.3, -0.25) is 9.78 Å². The van der Waals surface area contributed by atoms with Gasteiger partial charge in [-0.25, -0.2) is 0 Å². The fraction of sp³-hybridized carbons (Fsp3) is 0.571. The third kappa shape index (κ3) is 2.83. The van der Waals surface area contributed by atoms with E-state index in [9.17, 15) is 4.79 Å². The van der Waals surface area contributed by atoms with E-state index in [1.54, 1.807) is 18.3 Å². The maximum absolute atomic E-state index is 12.1. The molecule has 0 spiro atoms. The van der Waals surface area contributed by atoms with Gasteiger partial charge in [0.05, 0.1) is 0 Å². The van der Waals surface area contributed by atoms with Gasteiger partial charge in [-0.2, -0.15) is 0 Å². The zero-order valence-electron chi connectivity index (χ0n) is 10.8. The number of aromatic nitrogens is 1. The van der Waals surface area contributed by atoms with Gasteiger partial charge in [0.1, 0.15) is 5.69 Å². The molecule has 1 aliphatic carbocycles. The lowest BCUT2D eigenvalue weighted by molar-refractivity contribution is 0.0921. The molecule has 1 aliphatic rings. The molecule has 18 heavy (non-hydrogen) atoms. The minimum Gasteiger partial charge on any atom is -0.348 e. The number of hydrogen-bond acceptors (Lipinski definition) is 2. The van der Waals surface area contributed by atoms with E-state index in [-0.39, 0.29) is 11.9 Å². The van der Waals surface area contributed by atoms with Crippen LogP contribution in [-0.2, 0) is 0 Å². The van der Waals surface area contributed by atoms with Crippen molar-refractivity contribution < 1.29 is 4.79 Å². The molecule has 1 heterocycles. The van der Waals surface area contributed by atoms with Crippen molar-refractivity contribution >= 4 is 17.5 Å². The maximum Gasteiger partial charge on any atom is 0.270 e. The number of pyridine rings is 1. The molecule has 0 aliphatic heterocycles. The van der Waals surface area contributed by atoms with Gasteiger partial charge in [-0.1, -0.05) is 31.9 Å². The average Bonchev–Trinajstić information content (AvgIpc) is 2.70. The monoisotopic (exact) mass is 266 g/mol. The summed E-state index contributed by atoms with van der Waals surface area (Å²) >= 11 is 5.86. The Morgan fingerprint density at radius 1 is 1.56 bits per heavy atom. The Bertz CT molecular complexity index is 436. The van der Waals surface area contributed by atoms with Crippen LogP contribution in [0.2, 0.25) is 5.02 Å². The van der Waals surface area contributed by atoms with Crippen LogP contribution in [0.4, 0.5) is 0 Å². The summed E-state index contributed by atoms with van der Waals surface area (Å²) in [6, 6.07) is 3.54. The minimum absolute atomic E-state index is 0.119. The first-order valence-corrected chi connectivity index (χ1v) is 6.92. The van der Waals surface area contributed by atoms with Crippen LogP contribution in [-0.4, -0.2) is 16.9 Å². The highest BCUT2D eigenvalue weighted by Gasteiger charge is 2.32. The van der Waals surface area contributed by atoms with Gasteiger partial charge >= 0.3 is 0 Å². The van der Waals surface area contributed by atoms with Crippen LogP contribution >= 0.6 is 11.6 Å². The van der Waals surface area contributed by atoms with Crippen LogP contribution in [0.1, 0.15) is 43.6 Å². The highest BCUT2D eigenvalue weighted by atomic mass is 35.5. The highest BCUT2D eigenvalue weighted by Crippen LogP contribution is 2.33. The average molecular weight is 267 g/mol. The summed E-state index contributed by atoms with van der Waals surface area (Å²) in [7, 11) is 0. The van der Waals surface area contributed by atoms with E-state index < -0.39 is 0 Å². The Labute approximate surface area is 113 Å². The van der Waals surface area contributed by atoms with E-state index in [1.165, 1.54) is 12.8 Å². The summed E-state index contributed by atoms with van der Waals surface area (Å²) in [5.41, 5.74) is 0.398. The number of amides is 1. The number of rotatable bonds is 3. The van der Waals surface area contributed by atoms with Crippen molar-refractivity contribution in [2.45, 2.75) is 39.2 Å². The maximum atomic E-state index is 12.1. The second-order valence-corrected chi connectivity index (χ2v) is 5.48. The summed E-state index contributed by atoms with van der Waals surface area (Å²) in [4.78, 5) is 16.1. The summed E-state index contributed by atoms with van der Waals surface area (Å²) in [5, 5.41) is 3.62. The van der Waals surface area contributed by atoms with Gasteiger partial charge in [-0.05, 0) is 36.8 Å². The fourth-order valence-corrected chi connectivity index (χ4v) is 2.96. The quantitative estimate of drug-likeness (QED) is 0.912. The van der Waals surface area contributed by atoms with Crippen molar-refractivity contribution in [1.29, 1.82) is 0 Å². The third-order valence-corrected chi connectivity index (χ3v) is 4.26. The van der Waals surface area contributed by atoms with E-state index >= 15 is 0 Å². The number of carbonyl (C=O) groups excluding carboxylic acids is 1. The van der Waals surface area contributed by atoms with E-state index in [0.29, 0.717) is 16.6 Å². The van der Waals surface area contributed by atoms with Crippen LogP contribution in [0.3, 0.4) is 0 Å². The second kappa shape index (κ2) is 5.70. The van der Waals surface area contributed by atoms with Crippen LogP contribution in [0, 0.1) is 11.8 Å². The lowest BCUT2D eigenvalue weighted by atomic mass is 9.93. The predicted molar refractivity (Wildman–Crippen MR) is 72.7 cm³/mol. The summed E-state index contributed by atoms with van der Waals surface area (Å²) in [6.07, 6.45) is 5.00. The smallest absolute Gasteiger partial charge is 0.270 e. The van der Waals surface area contributed by atoms with Crippen molar-refractivity contribution in [2.24, 2.45) is 11.8 Å². The largest absolute Gasteiger partial charge is 0.348 e. The van der Waals surface area contributed by atoms with Crippen LogP contribution < -0.4 is 5.32 Å². The van der Waals surface area contributed by atoms with Crippen LogP contribution in [0.15, 0.2) is 18.3 Å². The molecule has 4 heteroatoms. The van der Waals surface area contributed by atoms with Gasteiger partial charge in [0.15, 0.2) is 0 Å². The van der Waals surface area contributed by atoms with E-state index in [0.717, 1.165) is 12.3 Å². The molecular formula is C14H19ClN2O. The molecule has 1 aromatic rings. The molecule has 0 bridgehead atoms. The molecular weight excluding hydrogens is 248 g/mol. The number of hydrogen-bond donors (Lipinski definition) is 1. The Morgan fingerprint density at radius 3 is 2.94 bits per heavy atom. The Morgan fingerprint density at radius 2 is 2.33 bits per heavy atom. The lowest BCUT2D eigenvalue weighted by Gasteiger charge is -2.20. The molecule has 1 saturated carbocycles. The normalized spacial score (nSPS) is 27.2. The van der Waals surface area contributed by atoms with Crippen LogP contribution in [0.5, 0.6) is 0 Å². The lowest BCUT2D eigenvalue weighted by Crippen LogP contribution is -2.37. The van der Waals surface area contributed by atoms with Gasteiger partial charge in [0.2, 0.25) is 0 Å². The Hall–Kier alpha value is -1.09. The second-order valence-electron chi connectivity index (χ2n) is 5.04. The summed E-state index contributed by atoms with van der Waals surface area (Å²) in [6.45, 7) is 4.43. The first-order valence-electron chi connectivity index (χ1n) is 6.54. The van der Waals surface area contributed by atoms with E-state index in [1.807, 2.05) is 0 Å². The molecule has 1 amide bonds. The molecule has 1 aromatic heterocycles. The summed E-state index contributed by atoms with van der Waals surface area (Å²) in [5.74, 6) is 1.15. The van der Waals surface area contributed by atoms with Gasteiger partial charge < -0.3 is 5.32 Å². The van der Waals surface area contributed by atoms with Crippen molar-refractivity contribution in [3.05, 3.63) is 29.0 Å². The minimum atomic E-state index is -0.119. The zero-order chi connectivity index (χ0) is 13.1. The number of nitrogens with zero attached hydrogens (tertiary/aromatic N) is 1. The van der Waals surface area contributed by atoms with Gasteiger partial charge in [0.25, 0.3) is 5.91 Å². The van der Waals surface area contributed by atoms with Crippen LogP contribution in [0.25, 0.3) is 0 Å². The molecule has 3 nitrogen and oxygen atoms in total. The molecule has 1 N–H and O–H groups in total. The van der Waals surface area contributed by atoms with Crippen molar-refractivity contribution in [1.82, 2.24) is 10.3 Å². The molecule has 3 unspecified atom stereocenters. The van der Waals surface area contributed by atoms with Crippen molar-refractivity contribution in [3.63, 3.8) is 0 Å². The SMILES string of the molecule is CCC1CCC(NC(=O)c2cc(Cl)ccn2)C1C. The number of nitrogens with one attached hydrogen (secondary N) is 1. The Balaban J connectivity index is 2.00. The Kier molecular flexibility index (Phi) is 4.23. The summed E-state index contributed by atoms with van der Waals surface area (Å²) < 4.78 is 0. The molecule has 0 saturated heterocycles.